The smallest absolute Gasteiger partial charge is 0.408 e. The van der Waals surface area contributed by atoms with Crippen LogP contribution in [0.3, 0.4) is 0 Å². The van der Waals surface area contributed by atoms with Crippen molar-refractivity contribution in [3.63, 3.8) is 0 Å². The molecule has 0 bridgehead atoms. The highest BCUT2D eigenvalue weighted by Gasteiger charge is 2.28. The lowest BCUT2D eigenvalue weighted by Crippen LogP contribution is -2.47. The highest BCUT2D eigenvalue weighted by molar-refractivity contribution is 5.86. The van der Waals surface area contributed by atoms with E-state index in [9.17, 15) is 14.4 Å². The molecule has 0 heterocycles. The first kappa shape index (κ1) is 24.5. The van der Waals surface area contributed by atoms with Gasteiger partial charge in [-0.05, 0) is 29.7 Å². The van der Waals surface area contributed by atoms with E-state index in [0.717, 1.165) is 11.6 Å². The molecule has 2 aromatic carbocycles. The maximum Gasteiger partial charge on any atom is 0.408 e. The average Bonchev–Trinajstić information content (AvgIpc) is 2.80. The number of alkyl carbamates (subject to hydrolysis) is 1. The van der Waals surface area contributed by atoms with Gasteiger partial charge in [0.1, 0.15) is 24.1 Å². The Kier molecular flexibility index (Phi) is 9.28. The van der Waals surface area contributed by atoms with E-state index in [1.807, 2.05) is 44.2 Å². The first-order chi connectivity index (χ1) is 15.3. The van der Waals surface area contributed by atoms with Gasteiger partial charge in [0.05, 0.1) is 7.11 Å². The Morgan fingerprint density at radius 3 is 2.47 bits per heavy atom. The number of carboxylic acids is 1. The number of rotatable bonds is 10. The summed E-state index contributed by atoms with van der Waals surface area (Å²) in [4.78, 5) is 35.8. The van der Waals surface area contributed by atoms with Crippen LogP contribution in [-0.4, -0.2) is 36.3 Å². The minimum atomic E-state index is -1.09. The van der Waals surface area contributed by atoms with Crippen LogP contribution in [0.2, 0.25) is 0 Å². The quantitative estimate of drug-likeness (QED) is 0.325. The minimum Gasteiger partial charge on any atom is -0.496 e. The Hall–Kier alpha value is -3.81. The zero-order valence-corrected chi connectivity index (χ0v) is 18.2. The number of amides is 1. The lowest BCUT2D eigenvalue weighted by molar-refractivity contribution is -0.138. The van der Waals surface area contributed by atoms with Crippen LogP contribution < -0.4 is 14.8 Å². The van der Waals surface area contributed by atoms with Crippen molar-refractivity contribution in [2.75, 3.05) is 7.11 Å². The molecule has 0 fully saturated rings. The fourth-order valence-corrected chi connectivity index (χ4v) is 2.79. The summed E-state index contributed by atoms with van der Waals surface area (Å²) in [5, 5.41) is 11.4. The normalized spacial score (nSPS) is 12.6. The monoisotopic (exact) mass is 441 g/mol. The van der Waals surface area contributed by atoms with Crippen molar-refractivity contribution in [3.05, 3.63) is 65.7 Å². The fraction of sp³-hybridized carbons (Fsp3) is 0.292. The van der Waals surface area contributed by atoms with Gasteiger partial charge >= 0.3 is 18.0 Å². The molecule has 2 rings (SSSR count). The molecule has 0 saturated carbocycles. The first-order valence-corrected chi connectivity index (χ1v) is 10.1. The second kappa shape index (κ2) is 12.1. The molecular formula is C24H27NO7. The Morgan fingerprint density at radius 1 is 1.12 bits per heavy atom. The van der Waals surface area contributed by atoms with Gasteiger partial charge in [0.25, 0.3) is 0 Å². The van der Waals surface area contributed by atoms with Crippen molar-refractivity contribution in [1.29, 1.82) is 0 Å². The van der Waals surface area contributed by atoms with Crippen molar-refractivity contribution < 1.29 is 33.7 Å². The third-order valence-corrected chi connectivity index (χ3v) is 4.78. The third-order valence-electron chi connectivity index (χ3n) is 4.78. The largest absolute Gasteiger partial charge is 0.496 e. The zero-order chi connectivity index (χ0) is 23.5. The van der Waals surface area contributed by atoms with Gasteiger partial charge in [-0.2, -0.15) is 0 Å². The summed E-state index contributed by atoms with van der Waals surface area (Å²) < 4.78 is 15.9. The Bertz CT molecular complexity index is 956. The summed E-state index contributed by atoms with van der Waals surface area (Å²) in [5.41, 5.74) is 1.34. The number of carbonyl (C=O) groups is 3. The Balaban J connectivity index is 2.07. The van der Waals surface area contributed by atoms with Crippen molar-refractivity contribution >= 4 is 24.1 Å². The maximum absolute atomic E-state index is 12.8. The van der Waals surface area contributed by atoms with Gasteiger partial charge in [-0.15, -0.1) is 0 Å². The van der Waals surface area contributed by atoms with Gasteiger partial charge in [-0.25, -0.2) is 14.4 Å². The van der Waals surface area contributed by atoms with E-state index in [4.69, 9.17) is 19.3 Å². The van der Waals surface area contributed by atoms with Crippen LogP contribution in [0, 0.1) is 5.92 Å². The summed E-state index contributed by atoms with van der Waals surface area (Å²) in [6, 6.07) is 12.8. The maximum atomic E-state index is 12.8. The third kappa shape index (κ3) is 7.46. The molecule has 0 aliphatic heterocycles. The second-order valence-corrected chi connectivity index (χ2v) is 7.07. The number of aliphatic carboxylic acids is 1. The zero-order valence-electron chi connectivity index (χ0n) is 18.2. The molecule has 8 nitrogen and oxygen atoms in total. The van der Waals surface area contributed by atoms with E-state index < -0.39 is 24.1 Å². The number of hydrogen-bond donors (Lipinski definition) is 2. The fourth-order valence-electron chi connectivity index (χ4n) is 2.79. The molecule has 0 aliphatic rings. The van der Waals surface area contributed by atoms with E-state index in [0.29, 0.717) is 17.7 Å². The highest BCUT2D eigenvalue weighted by atomic mass is 16.6. The summed E-state index contributed by atoms with van der Waals surface area (Å²) in [7, 11) is 1.42. The molecule has 0 spiro atoms. The lowest BCUT2D eigenvalue weighted by atomic mass is 9.99. The van der Waals surface area contributed by atoms with Gasteiger partial charge in [-0.3, -0.25) is 0 Å². The molecule has 2 atom stereocenters. The van der Waals surface area contributed by atoms with Crippen LogP contribution in [0.4, 0.5) is 4.79 Å². The molecule has 32 heavy (non-hydrogen) atoms. The number of carbonyl (C=O) groups excluding carboxylic acids is 2. The summed E-state index contributed by atoms with van der Waals surface area (Å²) in [5.74, 6) is -1.40. The van der Waals surface area contributed by atoms with Crippen LogP contribution in [0.1, 0.15) is 31.4 Å². The molecular weight excluding hydrogens is 414 g/mol. The number of ether oxygens (including phenoxy) is 3. The second-order valence-electron chi connectivity index (χ2n) is 7.07. The average molecular weight is 441 g/mol. The molecule has 0 aliphatic carbocycles. The van der Waals surface area contributed by atoms with Gasteiger partial charge < -0.3 is 24.6 Å². The molecule has 1 amide bonds. The highest BCUT2D eigenvalue weighted by Crippen LogP contribution is 2.26. The van der Waals surface area contributed by atoms with Crippen molar-refractivity contribution in [2.24, 2.45) is 5.92 Å². The topological polar surface area (TPSA) is 111 Å². The van der Waals surface area contributed by atoms with Crippen LogP contribution in [0.5, 0.6) is 11.5 Å². The predicted molar refractivity (Wildman–Crippen MR) is 118 cm³/mol. The summed E-state index contributed by atoms with van der Waals surface area (Å²) in [6.07, 6.45) is 2.26. The molecule has 0 radical (unpaired) electrons. The molecule has 2 N–H and O–H groups in total. The molecule has 8 heteroatoms. The van der Waals surface area contributed by atoms with E-state index in [1.165, 1.54) is 25.3 Å². The lowest BCUT2D eigenvalue weighted by Gasteiger charge is -2.22. The van der Waals surface area contributed by atoms with Crippen LogP contribution >= 0.6 is 0 Å². The van der Waals surface area contributed by atoms with E-state index >= 15 is 0 Å². The predicted octanol–water partition coefficient (Wildman–Crippen LogP) is 4.04. The Labute approximate surface area is 186 Å². The van der Waals surface area contributed by atoms with Crippen LogP contribution in [0.25, 0.3) is 6.08 Å². The molecule has 0 unspecified atom stereocenters. The van der Waals surface area contributed by atoms with Crippen LogP contribution in [0.15, 0.2) is 54.6 Å². The van der Waals surface area contributed by atoms with Gasteiger partial charge in [0, 0.05) is 17.7 Å². The number of nitrogens with one attached hydrogen (secondary N) is 1. The van der Waals surface area contributed by atoms with Gasteiger partial charge in [-0.1, -0.05) is 50.6 Å². The SMILES string of the molecule is CC[C@H](C)[C@H](NC(=O)OCc1ccccc1)C(=O)Oc1ccc(/C=C/C(=O)O)c(OC)c1. The number of benzene rings is 2. The first-order valence-electron chi connectivity index (χ1n) is 10.1. The molecule has 2 aromatic rings. The standard InChI is InChI=1S/C24H27NO7/c1-4-16(2)22(25-24(29)31-15-17-8-6-5-7-9-17)23(28)32-19-12-10-18(11-13-21(26)27)20(14-19)30-3/h5-14,16,22H,4,15H2,1-3H3,(H,25,29)(H,26,27)/b13-11+/t16-,22-/m0/s1. The summed E-state index contributed by atoms with van der Waals surface area (Å²) >= 11 is 0. The Morgan fingerprint density at radius 2 is 1.84 bits per heavy atom. The molecule has 0 saturated heterocycles. The van der Waals surface area contributed by atoms with E-state index in [-0.39, 0.29) is 18.3 Å². The van der Waals surface area contributed by atoms with E-state index in [2.05, 4.69) is 5.32 Å². The van der Waals surface area contributed by atoms with Crippen molar-refractivity contribution in [2.45, 2.75) is 32.9 Å². The number of hydrogen-bond acceptors (Lipinski definition) is 6. The summed E-state index contributed by atoms with van der Waals surface area (Å²) in [6.45, 7) is 3.80. The van der Waals surface area contributed by atoms with Crippen LogP contribution in [-0.2, 0) is 20.9 Å². The van der Waals surface area contributed by atoms with Crippen molar-refractivity contribution in [3.8, 4) is 11.5 Å². The number of esters is 1. The molecule has 0 aromatic heterocycles. The number of carboxylic acid groups (broad SMARTS) is 1. The molecule has 170 valence electrons. The van der Waals surface area contributed by atoms with Gasteiger partial charge in [0.15, 0.2) is 0 Å². The minimum absolute atomic E-state index is 0.0808. The number of methoxy groups -OCH3 is 1. The van der Waals surface area contributed by atoms with E-state index in [1.54, 1.807) is 6.07 Å². The van der Waals surface area contributed by atoms with Gasteiger partial charge in [0.2, 0.25) is 0 Å². The van der Waals surface area contributed by atoms with Crippen molar-refractivity contribution in [1.82, 2.24) is 5.32 Å².